The van der Waals surface area contributed by atoms with Crippen molar-refractivity contribution in [2.75, 3.05) is 12.3 Å². The number of rotatable bonds is 3. The van der Waals surface area contributed by atoms with Gasteiger partial charge in [0.25, 0.3) is 0 Å². The predicted molar refractivity (Wildman–Crippen MR) is 46.5 cm³/mol. The van der Waals surface area contributed by atoms with E-state index in [1.165, 1.54) is 0 Å². The Morgan fingerprint density at radius 1 is 1.46 bits per heavy atom. The quantitative estimate of drug-likeness (QED) is 0.764. The molecule has 0 fully saturated rings. The van der Waals surface area contributed by atoms with Gasteiger partial charge in [-0.2, -0.15) is 0 Å². The van der Waals surface area contributed by atoms with Crippen molar-refractivity contribution in [3.05, 3.63) is 17.3 Å². The monoisotopic (exact) mass is 185 g/mol. The lowest BCUT2D eigenvalue weighted by Gasteiger charge is -2.04. The molecule has 0 aromatic carbocycles. The molecule has 1 aromatic rings. The van der Waals surface area contributed by atoms with Gasteiger partial charge in [0.05, 0.1) is 5.69 Å². The molecular formula is C8H12FN3O. The van der Waals surface area contributed by atoms with E-state index in [-0.39, 0.29) is 18.1 Å². The van der Waals surface area contributed by atoms with Gasteiger partial charge in [0.15, 0.2) is 17.5 Å². The van der Waals surface area contributed by atoms with Crippen molar-refractivity contribution in [2.45, 2.75) is 20.5 Å². The number of aryl methyl sites for hydroxylation is 1. The highest BCUT2D eigenvalue weighted by molar-refractivity contribution is 5.31. The van der Waals surface area contributed by atoms with E-state index < -0.39 is 5.82 Å². The summed E-state index contributed by atoms with van der Waals surface area (Å²) in [5, 5.41) is 0. The number of nitrogens with zero attached hydrogens (tertiary/aromatic N) is 2. The van der Waals surface area contributed by atoms with Crippen LogP contribution in [0.5, 0.6) is 0 Å². The lowest BCUT2D eigenvalue weighted by Crippen LogP contribution is -2.07. The zero-order valence-electron chi connectivity index (χ0n) is 7.67. The van der Waals surface area contributed by atoms with Gasteiger partial charge in [-0.05, 0) is 13.8 Å². The second-order valence-electron chi connectivity index (χ2n) is 2.56. The van der Waals surface area contributed by atoms with Gasteiger partial charge in [0.1, 0.15) is 6.61 Å². The highest BCUT2D eigenvalue weighted by Gasteiger charge is 2.07. The molecule has 0 aliphatic carbocycles. The molecule has 4 nitrogen and oxygen atoms in total. The average Bonchev–Trinajstić information content (AvgIpc) is 2.10. The molecular weight excluding hydrogens is 173 g/mol. The summed E-state index contributed by atoms with van der Waals surface area (Å²) >= 11 is 0. The maximum Gasteiger partial charge on any atom is 0.186 e. The van der Waals surface area contributed by atoms with Crippen molar-refractivity contribution in [1.29, 1.82) is 0 Å². The largest absolute Gasteiger partial charge is 0.381 e. The molecule has 0 aliphatic heterocycles. The first-order valence-corrected chi connectivity index (χ1v) is 4.01. The predicted octanol–water partition coefficient (Wildman–Crippen LogP) is 1.04. The van der Waals surface area contributed by atoms with Gasteiger partial charge < -0.3 is 10.5 Å². The van der Waals surface area contributed by atoms with Crippen LogP contribution in [0, 0.1) is 12.7 Å². The molecule has 1 rings (SSSR count). The van der Waals surface area contributed by atoms with Gasteiger partial charge in [-0.1, -0.05) is 0 Å². The maximum atomic E-state index is 12.9. The average molecular weight is 185 g/mol. The zero-order valence-corrected chi connectivity index (χ0v) is 7.67. The number of halogens is 1. The molecule has 0 radical (unpaired) electrons. The molecule has 1 heterocycles. The molecule has 2 N–H and O–H groups in total. The van der Waals surface area contributed by atoms with Crippen LogP contribution < -0.4 is 5.73 Å². The number of nitrogen functional groups attached to an aromatic ring is 1. The fourth-order valence-electron chi connectivity index (χ4n) is 0.899. The molecule has 0 saturated heterocycles. The molecule has 1 aromatic heterocycles. The number of hydrogen-bond donors (Lipinski definition) is 1. The number of aromatic nitrogens is 2. The molecule has 0 atom stereocenters. The molecule has 13 heavy (non-hydrogen) atoms. The Morgan fingerprint density at radius 2 is 2.15 bits per heavy atom. The SMILES string of the molecule is CCOCc1nc(C)c(F)c(N)n1. The Bertz CT molecular complexity index is 280. The van der Waals surface area contributed by atoms with Crippen LogP contribution in [-0.4, -0.2) is 16.6 Å². The van der Waals surface area contributed by atoms with Crippen LogP contribution in [0.2, 0.25) is 0 Å². The van der Waals surface area contributed by atoms with Gasteiger partial charge in [-0.25, -0.2) is 14.4 Å². The van der Waals surface area contributed by atoms with Gasteiger partial charge in [0.2, 0.25) is 0 Å². The van der Waals surface area contributed by atoms with Crippen LogP contribution in [0.15, 0.2) is 0 Å². The lowest BCUT2D eigenvalue weighted by molar-refractivity contribution is 0.128. The molecule has 0 saturated carbocycles. The topological polar surface area (TPSA) is 61.0 Å². The minimum Gasteiger partial charge on any atom is -0.381 e. The van der Waals surface area contributed by atoms with Crippen molar-refractivity contribution in [3.63, 3.8) is 0 Å². The van der Waals surface area contributed by atoms with Crippen molar-refractivity contribution in [2.24, 2.45) is 0 Å². The van der Waals surface area contributed by atoms with Crippen molar-refractivity contribution in [1.82, 2.24) is 9.97 Å². The van der Waals surface area contributed by atoms with E-state index in [0.29, 0.717) is 12.4 Å². The third kappa shape index (κ3) is 2.35. The molecule has 0 aliphatic rings. The van der Waals surface area contributed by atoms with E-state index in [2.05, 4.69) is 9.97 Å². The van der Waals surface area contributed by atoms with Crippen LogP contribution in [0.1, 0.15) is 18.4 Å². The summed E-state index contributed by atoms with van der Waals surface area (Å²) in [7, 11) is 0. The van der Waals surface area contributed by atoms with Crippen LogP contribution in [-0.2, 0) is 11.3 Å². The Hall–Kier alpha value is -1.23. The second kappa shape index (κ2) is 4.13. The number of ether oxygens (including phenoxy) is 1. The number of nitrogens with two attached hydrogens (primary N) is 1. The van der Waals surface area contributed by atoms with Gasteiger partial charge >= 0.3 is 0 Å². The third-order valence-corrected chi connectivity index (χ3v) is 1.52. The fraction of sp³-hybridized carbons (Fsp3) is 0.500. The van der Waals surface area contributed by atoms with Crippen LogP contribution in [0.4, 0.5) is 10.2 Å². The molecule has 0 unspecified atom stereocenters. The van der Waals surface area contributed by atoms with Gasteiger partial charge in [0, 0.05) is 6.61 Å². The van der Waals surface area contributed by atoms with Crippen LogP contribution in [0.25, 0.3) is 0 Å². The van der Waals surface area contributed by atoms with E-state index in [0.717, 1.165) is 0 Å². The summed E-state index contributed by atoms with van der Waals surface area (Å²) in [4.78, 5) is 7.62. The summed E-state index contributed by atoms with van der Waals surface area (Å²) in [6, 6.07) is 0. The second-order valence-corrected chi connectivity index (χ2v) is 2.56. The minimum absolute atomic E-state index is 0.123. The molecule has 5 heteroatoms. The van der Waals surface area contributed by atoms with Gasteiger partial charge in [-0.15, -0.1) is 0 Å². The van der Waals surface area contributed by atoms with Crippen molar-refractivity contribution >= 4 is 5.82 Å². The Morgan fingerprint density at radius 3 is 2.69 bits per heavy atom. The van der Waals surface area contributed by atoms with E-state index >= 15 is 0 Å². The van der Waals surface area contributed by atoms with E-state index in [4.69, 9.17) is 10.5 Å². The molecule has 72 valence electrons. The summed E-state index contributed by atoms with van der Waals surface area (Å²) in [5.74, 6) is -0.263. The summed E-state index contributed by atoms with van der Waals surface area (Å²) in [6.07, 6.45) is 0. The van der Waals surface area contributed by atoms with Crippen LogP contribution >= 0.6 is 0 Å². The molecule has 0 amide bonds. The first kappa shape index (κ1) is 9.85. The highest BCUT2D eigenvalue weighted by atomic mass is 19.1. The first-order valence-electron chi connectivity index (χ1n) is 4.01. The fourth-order valence-corrected chi connectivity index (χ4v) is 0.899. The Balaban J connectivity index is 2.86. The molecule has 0 spiro atoms. The number of hydrogen-bond acceptors (Lipinski definition) is 4. The normalized spacial score (nSPS) is 10.4. The smallest absolute Gasteiger partial charge is 0.186 e. The number of anilines is 1. The Kier molecular flexibility index (Phi) is 3.13. The molecule has 0 bridgehead atoms. The summed E-state index contributed by atoms with van der Waals surface area (Å²) in [5.41, 5.74) is 5.56. The van der Waals surface area contributed by atoms with E-state index in [1.807, 2.05) is 6.92 Å². The summed E-state index contributed by atoms with van der Waals surface area (Å²) in [6.45, 7) is 4.24. The lowest BCUT2D eigenvalue weighted by atomic mass is 10.4. The standard InChI is InChI=1S/C8H12FN3O/c1-3-13-4-6-11-5(2)7(9)8(10)12-6/h3-4H2,1-2H3,(H2,10,11,12). The Labute approximate surface area is 75.9 Å². The maximum absolute atomic E-state index is 12.9. The van der Waals surface area contributed by atoms with E-state index in [9.17, 15) is 4.39 Å². The zero-order chi connectivity index (χ0) is 9.84. The first-order chi connectivity index (χ1) is 6.15. The highest BCUT2D eigenvalue weighted by Crippen LogP contribution is 2.10. The minimum atomic E-state index is -0.555. The van der Waals surface area contributed by atoms with Crippen LogP contribution in [0.3, 0.4) is 0 Å². The third-order valence-electron chi connectivity index (χ3n) is 1.52. The van der Waals surface area contributed by atoms with Crippen molar-refractivity contribution in [3.8, 4) is 0 Å². The van der Waals surface area contributed by atoms with Gasteiger partial charge in [-0.3, -0.25) is 0 Å². The van der Waals surface area contributed by atoms with E-state index in [1.54, 1.807) is 6.92 Å². The van der Waals surface area contributed by atoms with Crippen molar-refractivity contribution < 1.29 is 9.13 Å². The summed E-state index contributed by atoms with van der Waals surface area (Å²) < 4.78 is 18.0.